The van der Waals surface area contributed by atoms with E-state index in [9.17, 15) is 9.90 Å². The monoisotopic (exact) mass is 313 g/mol. The third kappa shape index (κ3) is 4.45. The first kappa shape index (κ1) is 16.3. The first-order valence-electron chi connectivity index (χ1n) is 7.65. The SMILES string of the molecule is CC(C)Cn1ncc(NCC2CCC(O)CC2)c(Cl)c1=O. The Morgan fingerprint density at radius 3 is 2.71 bits per heavy atom. The lowest BCUT2D eigenvalue weighted by Gasteiger charge is -2.25. The molecular weight excluding hydrogens is 290 g/mol. The highest BCUT2D eigenvalue weighted by atomic mass is 35.5. The van der Waals surface area contributed by atoms with E-state index < -0.39 is 0 Å². The molecular formula is C15H24ClN3O2. The van der Waals surface area contributed by atoms with Crippen molar-refractivity contribution in [1.82, 2.24) is 9.78 Å². The summed E-state index contributed by atoms with van der Waals surface area (Å²) in [5.41, 5.74) is 0.363. The van der Waals surface area contributed by atoms with Gasteiger partial charge in [-0.3, -0.25) is 4.79 Å². The van der Waals surface area contributed by atoms with Gasteiger partial charge in [-0.25, -0.2) is 4.68 Å². The summed E-state index contributed by atoms with van der Waals surface area (Å²) < 4.78 is 1.41. The van der Waals surface area contributed by atoms with E-state index in [4.69, 9.17) is 11.6 Å². The quantitative estimate of drug-likeness (QED) is 0.876. The van der Waals surface area contributed by atoms with E-state index in [1.807, 2.05) is 13.8 Å². The van der Waals surface area contributed by atoms with Crippen LogP contribution in [0, 0.1) is 11.8 Å². The summed E-state index contributed by atoms with van der Waals surface area (Å²) in [6, 6.07) is 0. The molecule has 118 valence electrons. The largest absolute Gasteiger partial charge is 0.393 e. The average Bonchev–Trinajstić information content (AvgIpc) is 2.44. The molecule has 1 aromatic rings. The second-order valence-electron chi connectivity index (χ2n) is 6.31. The number of aliphatic hydroxyl groups is 1. The average molecular weight is 314 g/mol. The Kier molecular flexibility index (Phi) is 5.65. The Hall–Kier alpha value is -1.07. The molecule has 0 bridgehead atoms. The Labute approximate surface area is 130 Å². The molecule has 2 rings (SSSR count). The van der Waals surface area contributed by atoms with Crippen molar-refractivity contribution in [3.8, 4) is 0 Å². The summed E-state index contributed by atoms with van der Waals surface area (Å²) in [6.07, 6.45) is 5.20. The fraction of sp³-hybridized carbons (Fsp3) is 0.733. The van der Waals surface area contributed by atoms with Crippen LogP contribution in [-0.2, 0) is 6.54 Å². The van der Waals surface area contributed by atoms with E-state index >= 15 is 0 Å². The van der Waals surface area contributed by atoms with Crippen molar-refractivity contribution in [1.29, 1.82) is 0 Å². The molecule has 21 heavy (non-hydrogen) atoms. The maximum atomic E-state index is 12.1. The maximum absolute atomic E-state index is 12.1. The van der Waals surface area contributed by atoms with Gasteiger partial charge in [0.25, 0.3) is 5.56 Å². The second kappa shape index (κ2) is 7.27. The number of aliphatic hydroxyl groups excluding tert-OH is 1. The van der Waals surface area contributed by atoms with Gasteiger partial charge in [-0.2, -0.15) is 5.10 Å². The molecule has 1 saturated carbocycles. The van der Waals surface area contributed by atoms with Crippen molar-refractivity contribution in [2.24, 2.45) is 11.8 Å². The van der Waals surface area contributed by atoms with Gasteiger partial charge in [0.15, 0.2) is 0 Å². The van der Waals surface area contributed by atoms with E-state index in [0.29, 0.717) is 24.1 Å². The van der Waals surface area contributed by atoms with Gasteiger partial charge >= 0.3 is 0 Å². The lowest BCUT2D eigenvalue weighted by Crippen LogP contribution is -2.27. The highest BCUT2D eigenvalue weighted by Gasteiger charge is 2.19. The van der Waals surface area contributed by atoms with Crippen molar-refractivity contribution < 1.29 is 5.11 Å². The van der Waals surface area contributed by atoms with Crippen LogP contribution in [0.15, 0.2) is 11.0 Å². The Bertz CT molecular complexity index is 522. The molecule has 1 heterocycles. The van der Waals surface area contributed by atoms with E-state index in [0.717, 1.165) is 32.2 Å². The third-order valence-corrected chi connectivity index (χ3v) is 4.29. The Morgan fingerprint density at radius 1 is 1.43 bits per heavy atom. The Morgan fingerprint density at radius 2 is 2.10 bits per heavy atom. The van der Waals surface area contributed by atoms with Gasteiger partial charge in [0.1, 0.15) is 5.02 Å². The Balaban J connectivity index is 1.98. The van der Waals surface area contributed by atoms with Gasteiger partial charge < -0.3 is 10.4 Å². The standard InChI is InChI=1S/C15H24ClN3O2/c1-10(2)9-19-15(21)14(16)13(8-18-19)17-7-11-3-5-12(20)6-4-11/h8,10-12,17,20H,3-7,9H2,1-2H3. The molecule has 0 unspecified atom stereocenters. The first-order valence-corrected chi connectivity index (χ1v) is 8.02. The number of halogens is 1. The summed E-state index contributed by atoms with van der Waals surface area (Å²) in [5, 5.41) is 17.1. The fourth-order valence-corrected chi connectivity index (χ4v) is 2.88. The van der Waals surface area contributed by atoms with Gasteiger partial charge in [0.05, 0.1) is 18.0 Å². The molecule has 1 aliphatic carbocycles. The summed E-state index contributed by atoms with van der Waals surface area (Å²) in [5.74, 6) is 0.862. The van der Waals surface area contributed by atoms with Crippen molar-refractivity contribution >= 4 is 17.3 Å². The number of nitrogens with one attached hydrogen (secondary N) is 1. The lowest BCUT2D eigenvalue weighted by molar-refractivity contribution is 0.111. The third-order valence-electron chi connectivity index (χ3n) is 3.92. The van der Waals surface area contributed by atoms with Gasteiger partial charge in [-0.05, 0) is 37.5 Å². The van der Waals surface area contributed by atoms with Gasteiger partial charge in [0.2, 0.25) is 0 Å². The molecule has 1 aromatic heterocycles. The molecule has 0 amide bonds. The molecule has 0 spiro atoms. The van der Waals surface area contributed by atoms with Crippen LogP contribution in [0.3, 0.4) is 0 Å². The van der Waals surface area contributed by atoms with Crippen LogP contribution in [0.2, 0.25) is 5.02 Å². The zero-order chi connectivity index (χ0) is 15.4. The highest BCUT2D eigenvalue weighted by molar-refractivity contribution is 6.32. The van der Waals surface area contributed by atoms with E-state index in [1.165, 1.54) is 4.68 Å². The predicted molar refractivity (Wildman–Crippen MR) is 84.8 cm³/mol. The topological polar surface area (TPSA) is 67.2 Å². The summed E-state index contributed by atoms with van der Waals surface area (Å²) in [4.78, 5) is 12.1. The summed E-state index contributed by atoms with van der Waals surface area (Å²) >= 11 is 6.15. The molecule has 0 saturated heterocycles. The smallest absolute Gasteiger partial charge is 0.287 e. The van der Waals surface area contributed by atoms with Crippen LogP contribution in [0.5, 0.6) is 0 Å². The second-order valence-corrected chi connectivity index (χ2v) is 6.69. The minimum absolute atomic E-state index is 0.147. The van der Waals surface area contributed by atoms with Crippen LogP contribution < -0.4 is 10.9 Å². The van der Waals surface area contributed by atoms with E-state index in [-0.39, 0.29) is 16.7 Å². The molecule has 5 nitrogen and oxygen atoms in total. The zero-order valence-corrected chi connectivity index (χ0v) is 13.4. The minimum Gasteiger partial charge on any atom is -0.393 e. The predicted octanol–water partition coefficient (Wildman–Crippen LogP) is 2.52. The number of aromatic nitrogens is 2. The van der Waals surface area contributed by atoms with Crippen molar-refractivity contribution in [2.75, 3.05) is 11.9 Å². The van der Waals surface area contributed by atoms with Crippen molar-refractivity contribution in [3.05, 3.63) is 21.6 Å². The van der Waals surface area contributed by atoms with Crippen LogP contribution in [0.4, 0.5) is 5.69 Å². The van der Waals surface area contributed by atoms with Crippen LogP contribution >= 0.6 is 11.6 Å². The van der Waals surface area contributed by atoms with E-state index in [2.05, 4.69) is 10.4 Å². The molecule has 1 fully saturated rings. The van der Waals surface area contributed by atoms with Crippen LogP contribution in [0.25, 0.3) is 0 Å². The molecule has 0 aliphatic heterocycles. The number of hydrogen-bond acceptors (Lipinski definition) is 4. The summed E-state index contributed by atoms with van der Waals surface area (Å²) in [7, 11) is 0. The minimum atomic E-state index is -0.241. The molecule has 6 heteroatoms. The highest BCUT2D eigenvalue weighted by Crippen LogP contribution is 2.25. The molecule has 0 radical (unpaired) electrons. The molecule has 1 aliphatic rings. The van der Waals surface area contributed by atoms with Crippen LogP contribution in [0.1, 0.15) is 39.5 Å². The van der Waals surface area contributed by atoms with Crippen molar-refractivity contribution in [3.63, 3.8) is 0 Å². The van der Waals surface area contributed by atoms with Gasteiger partial charge in [-0.1, -0.05) is 25.4 Å². The molecule has 0 aromatic carbocycles. The lowest BCUT2D eigenvalue weighted by atomic mass is 9.87. The van der Waals surface area contributed by atoms with Crippen LogP contribution in [-0.4, -0.2) is 27.5 Å². The number of hydrogen-bond donors (Lipinski definition) is 2. The summed E-state index contributed by atoms with van der Waals surface area (Å²) in [6.45, 7) is 5.40. The van der Waals surface area contributed by atoms with Gasteiger partial charge in [0, 0.05) is 13.1 Å². The van der Waals surface area contributed by atoms with Gasteiger partial charge in [-0.15, -0.1) is 0 Å². The fourth-order valence-electron chi connectivity index (χ4n) is 2.67. The first-order chi connectivity index (χ1) is 9.97. The zero-order valence-electron chi connectivity index (χ0n) is 12.7. The normalized spacial score (nSPS) is 22.5. The molecule has 0 atom stereocenters. The van der Waals surface area contributed by atoms with Crippen molar-refractivity contribution in [2.45, 2.75) is 52.2 Å². The number of anilines is 1. The number of nitrogens with zero attached hydrogens (tertiary/aromatic N) is 2. The van der Waals surface area contributed by atoms with E-state index in [1.54, 1.807) is 6.20 Å². The molecule has 2 N–H and O–H groups in total. The number of rotatable bonds is 5. The maximum Gasteiger partial charge on any atom is 0.287 e.